The molecule has 152 valence electrons. The summed E-state index contributed by atoms with van der Waals surface area (Å²) in [7, 11) is 0. The quantitative estimate of drug-likeness (QED) is 0.804. The molecule has 1 aromatic heterocycles. The normalized spacial score (nSPS) is 20.1. The van der Waals surface area contributed by atoms with E-state index in [0.717, 1.165) is 54.9 Å². The SMILES string of the molecule is CC(=O)N1CCCC[C@@H]1c1ncc2c(n1)CCN(C(=O)[C@@H](C)c1ccccc1)C2. The van der Waals surface area contributed by atoms with Gasteiger partial charge in [-0.2, -0.15) is 0 Å². The van der Waals surface area contributed by atoms with E-state index >= 15 is 0 Å². The van der Waals surface area contributed by atoms with Crippen LogP contribution >= 0.6 is 0 Å². The maximum absolute atomic E-state index is 13.0. The van der Waals surface area contributed by atoms with E-state index in [-0.39, 0.29) is 23.8 Å². The summed E-state index contributed by atoms with van der Waals surface area (Å²) in [5.41, 5.74) is 3.07. The van der Waals surface area contributed by atoms with Gasteiger partial charge in [-0.25, -0.2) is 9.97 Å². The van der Waals surface area contributed by atoms with Gasteiger partial charge in [-0.1, -0.05) is 30.3 Å². The molecule has 4 rings (SSSR count). The molecule has 1 saturated heterocycles. The van der Waals surface area contributed by atoms with E-state index in [0.29, 0.717) is 13.1 Å². The minimum Gasteiger partial charge on any atom is -0.337 e. The van der Waals surface area contributed by atoms with E-state index in [2.05, 4.69) is 4.98 Å². The van der Waals surface area contributed by atoms with E-state index < -0.39 is 0 Å². The molecule has 2 amide bonds. The molecule has 0 spiro atoms. The highest BCUT2D eigenvalue weighted by atomic mass is 16.2. The summed E-state index contributed by atoms with van der Waals surface area (Å²) in [6, 6.07) is 9.88. The Balaban J connectivity index is 1.49. The van der Waals surface area contributed by atoms with Gasteiger partial charge >= 0.3 is 0 Å². The highest BCUT2D eigenvalue weighted by Crippen LogP contribution is 2.30. The number of fused-ring (bicyclic) bond motifs is 1. The number of aromatic nitrogens is 2. The molecule has 2 aliphatic rings. The number of nitrogens with zero attached hydrogens (tertiary/aromatic N) is 4. The first kappa shape index (κ1) is 19.6. The maximum Gasteiger partial charge on any atom is 0.230 e. The zero-order valence-electron chi connectivity index (χ0n) is 17.2. The second-order valence-electron chi connectivity index (χ2n) is 8.07. The number of carbonyl (C=O) groups excluding carboxylic acids is 2. The third-order valence-electron chi connectivity index (χ3n) is 6.14. The molecular weight excluding hydrogens is 364 g/mol. The lowest BCUT2D eigenvalue weighted by Gasteiger charge is -2.35. The first-order chi connectivity index (χ1) is 14.0. The van der Waals surface area contributed by atoms with Crippen LogP contribution in [0.3, 0.4) is 0 Å². The molecule has 0 unspecified atom stereocenters. The van der Waals surface area contributed by atoms with Gasteiger partial charge < -0.3 is 9.80 Å². The van der Waals surface area contributed by atoms with E-state index in [4.69, 9.17) is 4.98 Å². The van der Waals surface area contributed by atoms with Crippen molar-refractivity contribution in [3.63, 3.8) is 0 Å². The van der Waals surface area contributed by atoms with Crippen LogP contribution in [0, 0.1) is 0 Å². The van der Waals surface area contributed by atoms with Crippen LogP contribution in [0.2, 0.25) is 0 Å². The molecule has 29 heavy (non-hydrogen) atoms. The van der Waals surface area contributed by atoms with Crippen LogP contribution in [0.25, 0.3) is 0 Å². The Morgan fingerprint density at radius 3 is 2.69 bits per heavy atom. The van der Waals surface area contributed by atoms with Gasteiger partial charge in [-0.3, -0.25) is 9.59 Å². The van der Waals surface area contributed by atoms with Crippen LogP contribution in [0.1, 0.15) is 67.7 Å². The second-order valence-corrected chi connectivity index (χ2v) is 8.07. The maximum atomic E-state index is 13.0. The topological polar surface area (TPSA) is 66.4 Å². The molecule has 3 heterocycles. The van der Waals surface area contributed by atoms with E-state index in [1.807, 2.05) is 53.3 Å². The smallest absolute Gasteiger partial charge is 0.230 e. The fourth-order valence-electron chi connectivity index (χ4n) is 4.42. The minimum absolute atomic E-state index is 0.0238. The molecule has 6 heteroatoms. The van der Waals surface area contributed by atoms with Crippen molar-refractivity contribution >= 4 is 11.8 Å². The molecule has 6 nitrogen and oxygen atoms in total. The summed E-state index contributed by atoms with van der Waals surface area (Å²) in [6.07, 6.45) is 5.63. The summed E-state index contributed by atoms with van der Waals surface area (Å²) in [5.74, 6) is 0.809. The molecule has 2 aromatic rings. The first-order valence-corrected chi connectivity index (χ1v) is 10.5. The third-order valence-corrected chi connectivity index (χ3v) is 6.14. The lowest BCUT2D eigenvalue weighted by molar-refractivity contribution is -0.134. The number of likely N-dealkylation sites (tertiary alicyclic amines) is 1. The van der Waals surface area contributed by atoms with Crippen molar-refractivity contribution in [2.75, 3.05) is 13.1 Å². The van der Waals surface area contributed by atoms with Crippen molar-refractivity contribution in [3.05, 3.63) is 59.2 Å². The molecule has 0 saturated carbocycles. The molecule has 1 fully saturated rings. The summed E-state index contributed by atoms with van der Waals surface area (Å²) >= 11 is 0. The fourth-order valence-corrected chi connectivity index (χ4v) is 4.42. The van der Waals surface area contributed by atoms with Gasteiger partial charge in [0.2, 0.25) is 11.8 Å². The highest BCUT2D eigenvalue weighted by Gasteiger charge is 2.30. The fraction of sp³-hybridized carbons (Fsp3) is 0.478. The highest BCUT2D eigenvalue weighted by molar-refractivity contribution is 5.83. The van der Waals surface area contributed by atoms with Crippen LogP contribution in [0.4, 0.5) is 0 Å². The molecule has 0 aliphatic carbocycles. The van der Waals surface area contributed by atoms with Crippen molar-refractivity contribution in [1.29, 1.82) is 0 Å². The van der Waals surface area contributed by atoms with Gasteiger partial charge in [0.05, 0.1) is 17.7 Å². The summed E-state index contributed by atoms with van der Waals surface area (Å²) in [4.78, 5) is 38.2. The predicted octanol–water partition coefficient (Wildman–Crippen LogP) is 3.24. The Morgan fingerprint density at radius 1 is 1.14 bits per heavy atom. The zero-order chi connectivity index (χ0) is 20.4. The van der Waals surface area contributed by atoms with Crippen molar-refractivity contribution in [2.24, 2.45) is 0 Å². The number of piperidine rings is 1. The lowest BCUT2D eigenvalue weighted by Crippen LogP contribution is -2.40. The Bertz CT molecular complexity index is 899. The van der Waals surface area contributed by atoms with E-state index in [1.165, 1.54) is 0 Å². The number of hydrogen-bond donors (Lipinski definition) is 0. The molecule has 1 aromatic carbocycles. The monoisotopic (exact) mass is 392 g/mol. The Morgan fingerprint density at radius 2 is 1.93 bits per heavy atom. The van der Waals surface area contributed by atoms with Gasteiger partial charge in [0.15, 0.2) is 5.82 Å². The van der Waals surface area contributed by atoms with Gasteiger partial charge in [-0.05, 0) is 31.7 Å². The van der Waals surface area contributed by atoms with Crippen molar-refractivity contribution in [2.45, 2.75) is 58.0 Å². The van der Waals surface area contributed by atoms with Gasteiger partial charge in [0, 0.05) is 44.7 Å². The molecule has 0 bridgehead atoms. The first-order valence-electron chi connectivity index (χ1n) is 10.5. The summed E-state index contributed by atoms with van der Waals surface area (Å²) in [6.45, 7) is 5.58. The average Bonchev–Trinajstić information content (AvgIpc) is 2.78. The van der Waals surface area contributed by atoms with Gasteiger partial charge in [0.25, 0.3) is 0 Å². The number of rotatable bonds is 3. The Kier molecular flexibility index (Phi) is 5.60. The van der Waals surface area contributed by atoms with Crippen LogP contribution in [-0.2, 0) is 22.6 Å². The standard InChI is InChI=1S/C23H28N4O2/c1-16(18-8-4-3-5-9-18)23(29)26-13-11-20-19(15-26)14-24-22(25-20)21-10-6-7-12-27(21)17(2)28/h3-5,8-9,14,16,21H,6-7,10-13,15H2,1-2H3/t16-,21+/m0/s1. The van der Waals surface area contributed by atoms with Crippen LogP contribution < -0.4 is 0 Å². The number of hydrogen-bond acceptors (Lipinski definition) is 4. The van der Waals surface area contributed by atoms with E-state index in [9.17, 15) is 9.59 Å². The minimum atomic E-state index is -0.163. The Hall–Kier alpha value is -2.76. The van der Waals surface area contributed by atoms with E-state index in [1.54, 1.807) is 6.92 Å². The van der Waals surface area contributed by atoms with Gasteiger partial charge in [0.1, 0.15) is 0 Å². The van der Waals surface area contributed by atoms with Crippen LogP contribution in [-0.4, -0.2) is 44.7 Å². The third kappa shape index (κ3) is 4.02. The van der Waals surface area contributed by atoms with Crippen LogP contribution in [0.5, 0.6) is 0 Å². The van der Waals surface area contributed by atoms with Gasteiger partial charge in [-0.15, -0.1) is 0 Å². The average molecular weight is 393 g/mol. The number of benzene rings is 1. The molecule has 2 aliphatic heterocycles. The largest absolute Gasteiger partial charge is 0.337 e. The summed E-state index contributed by atoms with van der Waals surface area (Å²) < 4.78 is 0. The molecule has 0 radical (unpaired) electrons. The lowest BCUT2D eigenvalue weighted by atomic mass is 9.97. The predicted molar refractivity (Wildman–Crippen MR) is 110 cm³/mol. The summed E-state index contributed by atoms with van der Waals surface area (Å²) in [5, 5.41) is 0. The number of amides is 2. The molecular formula is C23H28N4O2. The Labute approximate surface area is 172 Å². The molecule has 2 atom stereocenters. The second kappa shape index (κ2) is 8.31. The van der Waals surface area contributed by atoms with Crippen molar-refractivity contribution in [1.82, 2.24) is 19.8 Å². The number of carbonyl (C=O) groups is 2. The van der Waals surface area contributed by atoms with Crippen molar-refractivity contribution in [3.8, 4) is 0 Å². The van der Waals surface area contributed by atoms with Crippen molar-refractivity contribution < 1.29 is 9.59 Å². The molecule has 0 N–H and O–H groups in total. The van der Waals surface area contributed by atoms with Crippen LogP contribution in [0.15, 0.2) is 36.5 Å². The zero-order valence-corrected chi connectivity index (χ0v) is 17.2.